The molecule has 0 saturated carbocycles. The SMILES string of the molecule is O=[N+]([O-])c1ccc(S(=O)(=O)NC[C@H](c2cccs2)N2CCOCC2)cc1. The van der Waals surface area contributed by atoms with Crippen LogP contribution in [0.2, 0.25) is 0 Å². The van der Waals surface area contributed by atoms with Crippen molar-refractivity contribution < 1.29 is 18.1 Å². The molecule has 1 N–H and O–H groups in total. The number of sulfonamides is 1. The van der Waals surface area contributed by atoms with Crippen LogP contribution in [0.4, 0.5) is 5.69 Å². The van der Waals surface area contributed by atoms with E-state index < -0.39 is 14.9 Å². The van der Waals surface area contributed by atoms with Crippen LogP contribution < -0.4 is 4.72 Å². The van der Waals surface area contributed by atoms with Gasteiger partial charge in [-0.25, -0.2) is 13.1 Å². The first kappa shape index (κ1) is 18.9. The van der Waals surface area contributed by atoms with Gasteiger partial charge in [0.15, 0.2) is 0 Å². The number of nitrogens with zero attached hydrogens (tertiary/aromatic N) is 2. The lowest BCUT2D eigenvalue weighted by Crippen LogP contribution is -2.43. The molecule has 8 nitrogen and oxygen atoms in total. The summed E-state index contributed by atoms with van der Waals surface area (Å²) in [4.78, 5) is 13.4. The molecule has 1 saturated heterocycles. The summed E-state index contributed by atoms with van der Waals surface area (Å²) in [7, 11) is -3.75. The van der Waals surface area contributed by atoms with E-state index >= 15 is 0 Å². The molecule has 1 fully saturated rings. The van der Waals surface area contributed by atoms with Gasteiger partial charge in [-0.2, -0.15) is 0 Å². The van der Waals surface area contributed by atoms with Gasteiger partial charge in [-0.15, -0.1) is 11.3 Å². The number of thiophene rings is 1. The molecule has 0 radical (unpaired) electrons. The number of ether oxygens (including phenoxy) is 1. The second-order valence-electron chi connectivity index (χ2n) is 5.78. The van der Waals surface area contributed by atoms with Crippen LogP contribution in [0.25, 0.3) is 0 Å². The minimum atomic E-state index is -3.75. The van der Waals surface area contributed by atoms with E-state index in [1.807, 2.05) is 17.5 Å². The average molecular weight is 397 g/mol. The van der Waals surface area contributed by atoms with E-state index in [4.69, 9.17) is 4.74 Å². The predicted octanol–water partition coefficient (Wildman–Crippen LogP) is 2.01. The summed E-state index contributed by atoms with van der Waals surface area (Å²) < 4.78 is 33.1. The van der Waals surface area contributed by atoms with Crippen LogP contribution in [0.3, 0.4) is 0 Å². The molecule has 1 atom stereocenters. The molecule has 2 heterocycles. The van der Waals surface area contributed by atoms with E-state index in [2.05, 4.69) is 9.62 Å². The Hall–Kier alpha value is -1.85. The van der Waals surface area contributed by atoms with Crippen molar-refractivity contribution in [3.05, 3.63) is 56.8 Å². The summed E-state index contributed by atoms with van der Waals surface area (Å²) in [5, 5.41) is 12.7. The Balaban J connectivity index is 1.73. The highest BCUT2D eigenvalue weighted by Gasteiger charge is 2.26. The molecule has 0 spiro atoms. The molecule has 1 aromatic carbocycles. The van der Waals surface area contributed by atoms with Crippen LogP contribution in [0.5, 0.6) is 0 Å². The Kier molecular flexibility index (Phi) is 5.99. The summed E-state index contributed by atoms with van der Waals surface area (Å²) in [6.45, 7) is 2.94. The quantitative estimate of drug-likeness (QED) is 0.566. The summed E-state index contributed by atoms with van der Waals surface area (Å²) in [6, 6.07) is 8.72. The minimum Gasteiger partial charge on any atom is -0.379 e. The van der Waals surface area contributed by atoms with Gasteiger partial charge in [0.1, 0.15) is 0 Å². The zero-order chi connectivity index (χ0) is 18.6. The zero-order valence-electron chi connectivity index (χ0n) is 13.9. The molecule has 0 bridgehead atoms. The maximum atomic E-state index is 12.5. The van der Waals surface area contributed by atoms with Crippen molar-refractivity contribution in [1.82, 2.24) is 9.62 Å². The molecule has 1 aliphatic rings. The number of non-ortho nitro benzene ring substituents is 1. The first-order valence-corrected chi connectivity index (χ1v) is 10.4. The highest BCUT2D eigenvalue weighted by atomic mass is 32.2. The Morgan fingerprint density at radius 1 is 1.23 bits per heavy atom. The van der Waals surface area contributed by atoms with Crippen LogP contribution in [0.1, 0.15) is 10.9 Å². The molecule has 0 aliphatic carbocycles. The topological polar surface area (TPSA) is 102 Å². The Morgan fingerprint density at radius 3 is 2.50 bits per heavy atom. The first-order chi connectivity index (χ1) is 12.5. The monoisotopic (exact) mass is 397 g/mol. The smallest absolute Gasteiger partial charge is 0.269 e. The summed E-state index contributed by atoms with van der Waals surface area (Å²) >= 11 is 1.58. The van der Waals surface area contributed by atoms with E-state index in [0.29, 0.717) is 13.2 Å². The molecule has 10 heteroatoms. The lowest BCUT2D eigenvalue weighted by Gasteiger charge is -2.34. The number of nitro benzene ring substituents is 1. The summed E-state index contributed by atoms with van der Waals surface area (Å²) in [5.74, 6) is 0. The average Bonchev–Trinajstić information content (AvgIpc) is 3.17. The Morgan fingerprint density at radius 2 is 1.92 bits per heavy atom. The highest BCUT2D eigenvalue weighted by Crippen LogP contribution is 2.26. The van der Waals surface area contributed by atoms with Crippen molar-refractivity contribution in [2.75, 3.05) is 32.8 Å². The molecule has 3 rings (SSSR count). The molecule has 2 aromatic rings. The molecule has 26 heavy (non-hydrogen) atoms. The molecule has 1 aliphatic heterocycles. The van der Waals surface area contributed by atoms with Gasteiger partial charge in [0, 0.05) is 36.6 Å². The third kappa shape index (κ3) is 4.46. The van der Waals surface area contributed by atoms with Crippen LogP contribution in [-0.2, 0) is 14.8 Å². The number of benzene rings is 1. The maximum absolute atomic E-state index is 12.5. The zero-order valence-corrected chi connectivity index (χ0v) is 15.5. The number of hydrogen-bond donors (Lipinski definition) is 1. The van der Waals surface area contributed by atoms with Crippen LogP contribution in [-0.4, -0.2) is 51.1 Å². The number of nitro groups is 1. The van der Waals surface area contributed by atoms with Gasteiger partial charge in [-0.1, -0.05) is 6.07 Å². The van der Waals surface area contributed by atoms with Crippen LogP contribution in [0, 0.1) is 10.1 Å². The third-order valence-electron chi connectivity index (χ3n) is 4.18. The predicted molar refractivity (Wildman–Crippen MR) is 97.7 cm³/mol. The normalized spacial score (nSPS) is 17.1. The number of rotatable bonds is 7. The van der Waals surface area contributed by atoms with E-state index in [0.717, 1.165) is 18.0 Å². The van der Waals surface area contributed by atoms with Gasteiger partial charge >= 0.3 is 0 Å². The van der Waals surface area contributed by atoms with E-state index in [-0.39, 0.29) is 23.2 Å². The Labute approximate surface area is 155 Å². The Bertz CT molecular complexity index is 831. The number of nitrogens with one attached hydrogen (secondary N) is 1. The molecular weight excluding hydrogens is 378 g/mol. The van der Waals surface area contributed by atoms with Gasteiger partial charge in [0.25, 0.3) is 5.69 Å². The van der Waals surface area contributed by atoms with E-state index in [1.54, 1.807) is 11.3 Å². The van der Waals surface area contributed by atoms with E-state index in [1.165, 1.54) is 24.3 Å². The summed E-state index contributed by atoms with van der Waals surface area (Å²) in [5.41, 5.74) is -0.145. The lowest BCUT2D eigenvalue weighted by molar-refractivity contribution is -0.384. The molecule has 140 valence electrons. The van der Waals surface area contributed by atoms with Crippen LogP contribution in [0.15, 0.2) is 46.7 Å². The number of hydrogen-bond acceptors (Lipinski definition) is 7. The van der Waals surface area contributed by atoms with Gasteiger partial charge in [-0.05, 0) is 23.6 Å². The molecule has 0 amide bonds. The molecule has 0 unspecified atom stereocenters. The lowest BCUT2D eigenvalue weighted by atomic mass is 10.2. The van der Waals surface area contributed by atoms with Crippen LogP contribution >= 0.6 is 11.3 Å². The molecular formula is C16H19N3O5S2. The maximum Gasteiger partial charge on any atom is 0.269 e. The fraction of sp³-hybridized carbons (Fsp3) is 0.375. The highest BCUT2D eigenvalue weighted by molar-refractivity contribution is 7.89. The van der Waals surface area contributed by atoms with Crippen molar-refractivity contribution in [2.45, 2.75) is 10.9 Å². The first-order valence-electron chi connectivity index (χ1n) is 8.07. The largest absolute Gasteiger partial charge is 0.379 e. The fourth-order valence-electron chi connectivity index (χ4n) is 2.80. The van der Waals surface area contributed by atoms with Gasteiger partial charge in [-0.3, -0.25) is 15.0 Å². The standard InChI is InChI=1S/C16H19N3O5S2/c20-19(21)13-3-5-14(6-4-13)26(22,23)17-12-15(16-2-1-11-25-16)18-7-9-24-10-8-18/h1-6,11,15,17H,7-10,12H2/t15-/m1/s1. The second kappa shape index (κ2) is 8.23. The molecule has 1 aromatic heterocycles. The minimum absolute atomic E-state index is 0.00927. The second-order valence-corrected chi connectivity index (χ2v) is 8.53. The van der Waals surface area contributed by atoms with Crippen molar-refractivity contribution >= 4 is 27.0 Å². The van der Waals surface area contributed by atoms with E-state index in [9.17, 15) is 18.5 Å². The van der Waals surface area contributed by atoms with Crippen molar-refractivity contribution in [2.24, 2.45) is 0 Å². The van der Waals surface area contributed by atoms with Crippen molar-refractivity contribution in [3.8, 4) is 0 Å². The third-order valence-corrected chi connectivity index (χ3v) is 6.60. The van der Waals surface area contributed by atoms with Gasteiger partial charge < -0.3 is 4.74 Å². The van der Waals surface area contributed by atoms with Gasteiger partial charge in [0.05, 0.1) is 29.1 Å². The van der Waals surface area contributed by atoms with Crippen molar-refractivity contribution in [3.63, 3.8) is 0 Å². The number of morpholine rings is 1. The fourth-order valence-corrected chi connectivity index (χ4v) is 4.70. The van der Waals surface area contributed by atoms with Gasteiger partial charge in [0.2, 0.25) is 10.0 Å². The summed E-state index contributed by atoms with van der Waals surface area (Å²) in [6.07, 6.45) is 0. The van der Waals surface area contributed by atoms with Crippen molar-refractivity contribution in [1.29, 1.82) is 0 Å².